The summed E-state index contributed by atoms with van der Waals surface area (Å²) in [6, 6.07) is 5.69. The Balaban J connectivity index is 2.74. The molecule has 0 radical (unpaired) electrons. The van der Waals surface area contributed by atoms with Crippen LogP contribution in [0.1, 0.15) is 5.56 Å². The Morgan fingerprint density at radius 2 is 2.00 bits per heavy atom. The van der Waals surface area contributed by atoms with Gasteiger partial charge in [-0.05, 0) is 17.7 Å². The van der Waals surface area contributed by atoms with Crippen molar-refractivity contribution in [3.05, 3.63) is 29.8 Å². The number of esters is 1. The lowest BCUT2D eigenvalue weighted by Crippen LogP contribution is -2.43. The van der Waals surface area contributed by atoms with Crippen LogP contribution in [0.3, 0.4) is 0 Å². The Hall–Kier alpha value is -1.56. The second-order valence-electron chi connectivity index (χ2n) is 3.65. The number of ether oxygens (including phenoxy) is 1. The molecule has 0 fully saturated rings. The van der Waals surface area contributed by atoms with Gasteiger partial charge in [-0.2, -0.15) is 0 Å². The largest absolute Gasteiger partial charge is 0.508 e. The van der Waals surface area contributed by atoms with Crippen molar-refractivity contribution in [1.29, 1.82) is 0 Å². The summed E-state index contributed by atoms with van der Waals surface area (Å²) in [5.74, 6) is -0.639. The van der Waals surface area contributed by atoms with Crippen molar-refractivity contribution >= 4 is 27.8 Å². The van der Waals surface area contributed by atoms with Crippen LogP contribution in [0.4, 0.5) is 0 Å². The Morgan fingerprint density at radius 3 is 2.50 bits per heavy atom. The molecule has 98 valence electrons. The van der Waals surface area contributed by atoms with Gasteiger partial charge in [0.15, 0.2) is 0 Å². The van der Waals surface area contributed by atoms with E-state index in [4.69, 9.17) is 5.11 Å². The van der Waals surface area contributed by atoms with Gasteiger partial charge in [-0.15, -0.1) is 0 Å². The number of nitrogens with one attached hydrogen (secondary N) is 1. The van der Waals surface area contributed by atoms with Crippen LogP contribution >= 0.6 is 15.9 Å². The maximum absolute atomic E-state index is 11.5. The number of alkyl halides is 1. The number of hydrogen-bond acceptors (Lipinski definition) is 4. The van der Waals surface area contributed by atoms with Gasteiger partial charge in [0.2, 0.25) is 5.91 Å². The van der Waals surface area contributed by atoms with Gasteiger partial charge in [-0.1, -0.05) is 28.1 Å². The van der Waals surface area contributed by atoms with Crippen molar-refractivity contribution in [1.82, 2.24) is 5.32 Å². The van der Waals surface area contributed by atoms with Gasteiger partial charge in [0.25, 0.3) is 0 Å². The number of phenols is 1. The van der Waals surface area contributed by atoms with E-state index in [0.29, 0.717) is 6.42 Å². The van der Waals surface area contributed by atoms with E-state index in [0.717, 1.165) is 5.56 Å². The number of hydrogen-bond donors (Lipinski definition) is 2. The summed E-state index contributed by atoms with van der Waals surface area (Å²) in [4.78, 5) is 22.8. The highest BCUT2D eigenvalue weighted by molar-refractivity contribution is 9.09. The molecule has 0 unspecified atom stereocenters. The number of aromatic hydroxyl groups is 1. The Kier molecular flexibility index (Phi) is 5.64. The number of carbonyl (C=O) groups is 2. The molecule has 0 aliphatic rings. The number of phenolic OH excluding ortho intramolecular Hbond substituents is 1. The molecule has 5 nitrogen and oxygen atoms in total. The minimum Gasteiger partial charge on any atom is -0.508 e. The quantitative estimate of drug-likeness (QED) is 0.627. The highest BCUT2D eigenvalue weighted by atomic mass is 79.9. The first-order valence-corrected chi connectivity index (χ1v) is 6.40. The molecule has 0 heterocycles. The molecule has 1 atom stereocenters. The summed E-state index contributed by atoms with van der Waals surface area (Å²) in [6.45, 7) is 0. The van der Waals surface area contributed by atoms with E-state index in [1.807, 2.05) is 0 Å². The van der Waals surface area contributed by atoms with Gasteiger partial charge in [0.05, 0.1) is 12.4 Å². The van der Waals surface area contributed by atoms with Crippen LogP contribution in [0.15, 0.2) is 24.3 Å². The molecule has 0 spiro atoms. The highest BCUT2D eigenvalue weighted by Gasteiger charge is 2.21. The predicted molar refractivity (Wildman–Crippen MR) is 69.6 cm³/mol. The highest BCUT2D eigenvalue weighted by Crippen LogP contribution is 2.11. The molecule has 1 rings (SSSR count). The summed E-state index contributed by atoms with van der Waals surface area (Å²) in [6.07, 6.45) is 0.311. The maximum Gasteiger partial charge on any atom is 0.328 e. The van der Waals surface area contributed by atoms with E-state index in [1.165, 1.54) is 19.2 Å². The molecule has 18 heavy (non-hydrogen) atoms. The first-order valence-electron chi connectivity index (χ1n) is 5.28. The molecule has 0 aliphatic heterocycles. The van der Waals surface area contributed by atoms with E-state index in [9.17, 15) is 9.59 Å². The molecule has 0 aromatic heterocycles. The monoisotopic (exact) mass is 315 g/mol. The van der Waals surface area contributed by atoms with Gasteiger partial charge in [-0.25, -0.2) is 4.79 Å². The zero-order valence-electron chi connectivity index (χ0n) is 9.85. The van der Waals surface area contributed by atoms with Crippen molar-refractivity contribution in [3.63, 3.8) is 0 Å². The summed E-state index contributed by atoms with van der Waals surface area (Å²) in [5, 5.41) is 11.8. The molecular formula is C12H14BrNO4. The van der Waals surface area contributed by atoms with Crippen LogP contribution in [0.5, 0.6) is 5.75 Å². The molecule has 1 aromatic carbocycles. The molecule has 1 aromatic rings. The summed E-state index contributed by atoms with van der Waals surface area (Å²) in [7, 11) is 1.27. The van der Waals surface area contributed by atoms with Crippen LogP contribution in [0.25, 0.3) is 0 Å². The van der Waals surface area contributed by atoms with Gasteiger partial charge < -0.3 is 15.2 Å². The smallest absolute Gasteiger partial charge is 0.328 e. The van der Waals surface area contributed by atoms with Gasteiger partial charge in [0, 0.05) is 6.42 Å². The van der Waals surface area contributed by atoms with Crippen LogP contribution in [0.2, 0.25) is 0 Å². The molecule has 0 bridgehead atoms. The fourth-order valence-corrected chi connectivity index (χ4v) is 1.60. The fraction of sp³-hybridized carbons (Fsp3) is 0.333. The summed E-state index contributed by atoms with van der Waals surface area (Å²) in [5.41, 5.74) is 0.818. The van der Waals surface area contributed by atoms with Crippen LogP contribution < -0.4 is 5.32 Å². The third kappa shape index (κ3) is 4.37. The summed E-state index contributed by atoms with van der Waals surface area (Å²) < 4.78 is 4.64. The first kappa shape index (κ1) is 14.5. The zero-order chi connectivity index (χ0) is 13.5. The topological polar surface area (TPSA) is 75.6 Å². The standard InChI is InChI=1S/C12H14BrNO4/c1-18-12(17)10(14-11(16)7-13)6-8-2-4-9(15)5-3-8/h2-5,10,15H,6-7H2,1H3,(H,14,16)/t10-/m0/s1. The number of carbonyl (C=O) groups excluding carboxylic acids is 2. The average Bonchev–Trinajstić information content (AvgIpc) is 2.39. The maximum atomic E-state index is 11.5. The van der Waals surface area contributed by atoms with Gasteiger partial charge in [-0.3, -0.25) is 4.79 Å². The first-order chi connectivity index (χ1) is 8.56. The third-order valence-electron chi connectivity index (χ3n) is 2.32. The number of halogens is 1. The van der Waals surface area contributed by atoms with Crippen molar-refractivity contribution in [3.8, 4) is 5.75 Å². The number of amides is 1. The lowest BCUT2D eigenvalue weighted by Gasteiger charge is -2.15. The van der Waals surface area contributed by atoms with Gasteiger partial charge in [0.1, 0.15) is 11.8 Å². The van der Waals surface area contributed by atoms with E-state index < -0.39 is 12.0 Å². The van der Waals surface area contributed by atoms with Crippen LogP contribution in [-0.4, -0.2) is 35.5 Å². The van der Waals surface area contributed by atoms with E-state index in [-0.39, 0.29) is 17.0 Å². The van der Waals surface area contributed by atoms with Crippen molar-refractivity contribution in [2.75, 3.05) is 12.4 Å². The third-order valence-corrected chi connectivity index (χ3v) is 2.83. The van der Waals surface area contributed by atoms with Crippen LogP contribution in [0, 0.1) is 0 Å². The van der Waals surface area contributed by atoms with Crippen molar-refractivity contribution < 1.29 is 19.4 Å². The number of methoxy groups -OCH3 is 1. The molecule has 1 amide bonds. The molecule has 2 N–H and O–H groups in total. The lowest BCUT2D eigenvalue weighted by atomic mass is 10.1. The second kappa shape index (κ2) is 7.00. The molecule has 6 heteroatoms. The SMILES string of the molecule is COC(=O)[C@H](Cc1ccc(O)cc1)NC(=O)CBr. The van der Waals surface area contributed by atoms with Crippen molar-refractivity contribution in [2.24, 2.45) is 0 Å². The normalized spacial score (nSPS) is 11.7. The molecule has 0 saturated carbocycles. The van der Waals surface area contributed by atoms with E-state index in [2.05, 4.69) is 26.0 Å². The average molecular weight is 316 g/mol. The molecule has 0 aliphatic carbocycles. The molecular weight excluding hydrogens is 302 g/mol. The minimum atomic E-state index is -0.732. The van der Waals surface area contributed by atoms with E-state index >= 15 is 0 Å². The zero-order valence-corrected chi connectivity index (χ0v) is 11.4. The Morgan fingerprint density at radius 1 is 1.39 bits per heavy atom. The van der Waals surface area contributed by atoms with Crippen LogP contribution in [-0.2, 0) is 20.7 Å². The number of benzene rings is 1. The Bertz CT molecular complexity index is 419. The molecule has 0 saturated heterocycles. The predicted octanol–water partition coefficient (Wildman–Crippen LogP) is 0.987. The lowest BCUT2D eigenvalue weighted by molar-refractivity contribution is -0.144. The van der Waals surface area contributed by atoms with Crippen molar-refractivity contribution in [2.45, 2.75) is 12.5 Å². The minimum absolute atomic E-state index is 0.121. The fourth-order valence-electron chi connectivity index (χ4n) is 1.44. The summed E-state index contributed by atoms with van der Waals surface area (Å²) >= 11 is 3.01. The van der Waals surface area contributed by atoms with Gasteiger partial charge >= 0.3 is 5.97 Å². The van der Waals surface area contributed by atoms with E-state index in [1.54, 1.807) is 12.1 Å². The number of rotatable bonds is 5. The Labute approximate surface area is 113 Å². The second-order valence-corrected chi connectivity index (χ2v) is 4.21.